The molecule has 1 aromatic heterocycles. The third kappa shape index (κ3) is 2.97. The second-order valence-electron chi connectivity index (χ2n) is 3.63. The van der Waals surface area contributed by atoms with Crippen molar-refractivity contribution in [3.05, 3.63) is 9.98 Å². The zero-order valence-electron chi connectivity index (χ0n) is 9.48. The van der Waals surface area contributed by atoms with Crippen molar-refractivity contribution in [3.8, 4) is 0 Å². The molecule has 2 rings (SSSR count). The molecule has 0 saturated carbocycles. The van der Waals surface area contributed by atoms with Crippen molar-refractivity contribution < 1.29 is 9.53 Å². The number of aromatic nitrogens is 1. The maximum Gasteiger partial charge on any atom is 0.245 e. The van der Waals surface area contributed by atoms with Crippen LogP contribution in [0.1, 0.15) is 6.92 Å². The van der Waals surface area contributed by atoms with E-state index in [0.29, 0.717) is 26.3 Å². The minimum Gasteiger partial charge on any atom is -0.377 e. The largest absolute Gasteiger partial charge is 0.377 e. The third-order valence-corrected chi connectivity index (χ3v) is 4.08. The summed E-state index contributed by atoms with van der Waals surface area (Å²) in [5, 5.41) is 5.60. The Balaban J connectivity index is 2.14. The van der Waals surface area contributed by atoms with Gasteiger partial charge in [-0.3, -0.25) is 4.79 Å². The minimum absolute atomic E-state index is 0.00137. The standard InChI is InChI=1S/C10H14BrN3O2S/c1-2-12-9(15)7-5-16-4-3-14(7)10-13-8(11)6-17-10/h6-7H,2-5H2,1H3,(H,12,15). The van der Waals surface area contributed by atoms with Crippen LogP contribution < -0.4 is 10.2 Å². The summed E-state index contributed by atoms with van der Waals surface area (Å²) in [5.41, 5.74) is 0. The SMILES string of the molecule is CCNC(=O)C1COCCN1c1nc(Br)cs1. The smallest absolute Gasteiger partial charge is 0.245 e. The number of rotatable bonds is 3. The predicted molar refractivity (Wildman–Crippen MR) is 70.5 cm³/mol. The highest BCUT2D eigenvalue weighted by Crippen LogP contribution is 2.26. The molecule has 94 valence electrons. The summed E-state index contributed by atoms with van der Waals surface area (Å²) in [6.07, 6.45) is 0. The fourth-order valence-electron chi connectivity index (χ4n) is 1.72. The lowest BCUT2D eigenvalue weighted by molar-refractivity contribution is -0.124. The number of nitrogens with one attached hydrogen (secondary N) is 1. The average Bonchev–Trinajstić information content (AvgIpc) is 2.76. The lowest BCUT2D eigenvalue weighted by atomic mass is 10.2. The number of amides is 1. The molecule has 0 radical (unpaired) electrons. The molecule has 0 aromatic carbocycles. The Bertz CT molecular complexity index is 399. The predicted octanol–water partition coefficient (Wildman–Crippen LogP) is 1.25. The number of ether oxygens (including phenoxy) is 1. The first kappa shape index (κ1) is 12.8. The van der Waals surface area contributed by atoms with Crippen molar-refractivity contribution in [3.63, 3.8) is 0 Å². The fraction of sp³-hybridized carbons (Fsp3) is 0.600. The van der Waals surface area contributed by atoms with Crippen LogP contribution in [0.2, 0.25) is 0 Å². The van der Waals surface area contributed by atoms with E-state index < -0.39 is 0 Å². The van der Waals surface area contributed by atoms with Crippen LogP contribution in [0.4, 0.5) is 5.13 Å². The Morgan fingerprint density at radius 2 is 2.65 bits per heavy atom. The van der Waals surface area contributed by atoms with Crippen LogP contribution in [0.5, 0.6) is 0 Å². The van der Waals surface area contributed by atoms with Gasteiger partial charge in [0.1, 0.15) is 10.6 Å². The van der Waals surface area contributed by atoms with Crippen molar-refractivity contribution >= 4 is 38.3 Å². The molecule has 17 heavy (non-hydrogen) atoms. The molecule has 5 nitrogen and oxygen atoms in total. The zero-order valence-corrected chi connectivity index (χ0v) is 11.9. The van der Waals surface area contributed by atoms with Gasteiger partial charge in [-0.25, -0.2) is 4.98 Å². The van der Waals surface area contributed by atoms with Crippen molar-refractivity contribution in [1.82, 2.24) is 10.3 Å². The lowest BCUT2D eigenvalue weighted by Gasteiger charge is -2.34. The molecule has 1 fully saturated rings. The molecular weight excluding hydrogens is 306 g/mol. The molecule has 0 aliphatic carbocycles. The van der Waals surface area contributed by atoms with E-state index in [1.807, 2.05) is 17.2 Å². The molecule has 1 unspecified atom stereocenters. The first-order valence-electron chi connectivity index (χ1n) is 5.45. The van der Waals surface area contributed by atoms with Gasteiger partial charge in [0.25, 0.3) is 0 Å². The van der Waals surface area contributed by atoms with E-state index in [4.69, 9.17) is 4.74 Å². The summed E-state index contributed by atoms with van der Waals surface area (Å²) in [5.74, 6) is -0.00137. The number of carbonyl (C=O) groups excluding carboxylic acids is 1. The first-order valence-corrected chi connectivity index (χ1v) is 7.12. The van der Waals surface area contributed by atoms with Crippen LogP contribution in [0, 0.1) is 0 Å². The molecule has 7 heteroatoms. The molecule has 1 atom stereocenters. The molecule has 1 aliphatic heterocycles. The Labute approximate surface area is 112 Å². The van der Waals surface area contributed by atoms with E-state index in [9.17, 15) is 4.79 Å². The number of anilines is 1. The van der Waals surface area contributed by atoms with Gasteiger partial charge in [0.05, 0.1) is 13.2 Å². The van der Waals surface area contributed by atoms with Crippen LogP contribution in [0.25, 0.3) is 0 Å². The van der Waals surface area contributed by atoms with Gasteiger partial charge in [0, 0.05) is 18.5 Å². The Morgan fingerprint density at radius 1 is 1.82 bits per heavy atom. The van der Waals surface area contributed by atoms with E-state index in [2.05, 4.69) is 26.2 Å². The Morgan fingerprint density at radius 3 is 3.29 bits per heavy atom. The highest BCUT2D eigenvalue weighted by Gasteiger charge is 2.30. The van der Waals surface area contributed by atoms with Crippen LogP contribution in [-0.2, 0) is 9.53 Å². The number of hydrogen-bond donors (Lipinski definition) is 1. The van der Waals surface area contributed by atoms with Crippen LogP contribution >= 0.6 is 27.3 Å². The van der Waals surface area contributed by atoms with Crippen molar-refractivity contribution in [2.75, 3.05) is 31.2 Å². The van der Waals surface area contributed by atoms with Crippen LogP contribution in [-0.4, -0.2) is 43.2 Å². The summed E-state index contributed by atoms with van der Waals surface area (Å²) in [7, 11) is 0. The van der Waals surface area contributed by atoms with Gasteiger partial charge in [0.15, 0.2) is 5.13 Å². The number of thiazole rings is 1. The Kier molecular flexibility index (Phi) is 4.36. The second-order valence-corrected chi connectivity index (χ2v) is 5.28. The molecule has 0 bridgehead atoms. The Hall–Kier alpha value is -0.660. The van der Waals surface area contributed by atoms with E-state index >= 15 is 0 Å². The number of carbonyl (C=O) groups is 1. The summed E-state index contributed by atoms with van der Waals surface area (Å²) in [4.78, 5) is 18.3. The van der Waals surface area contributed by atoms with Crippen LogP contribution in [0.3, 0.4) is 0 Å². The second kappa shape index (κ2) is 5.79. The zero-order chi connectivity index (χ0) is 12.3. The summed E-state index contributed by atoms with van der Waals surface area (Å²) < 4.78 is 6.18. The summed E-state index contributed by atoms with van der Waals surface area (Å²) in [6.45, 7) is 4.29. The van der Waals surface area contributed by atoms with Crippen molar-refractivity contribution in [2.24, 2.45) is 0 Å². The monoisotopic (exact) mass is 319 g/mol. The maximum absolute atomic E-state index is 11.9. The normalized spacial score (nSPS) is 20.4. The van der Waals surface area contributed by atoms with Crippen LogP contribution in [0.15, 0.2) is 9.98 Å². The van der Waals surface area contributed by atoms with E-state index in [-0.39, 0.29) is 11.9 Å². The van der Waals surface area contributed by atoms with E-state index in [0.717, 1.165) is 9.73 Å². The van der Waals surface area contributed by atoms with Gasteiger partial charge in [0.2, 0.25) is 5.91 Å². The van der Waals surface area contributed by atoms with Gasteiger partial charge in [-0.1, -0.05) is 0 Å². The number of halogens is 1. The van der Waals surface area contributed by atoms with E-state index in [1.54, 1.807) is 0 Å². The quantitative estimate of drug-likeness (QED) is 0.911. The fourth-order valence-corrected chi connectivity index (χ4v) is 3.05. The van der Waals surface area contributed by atoms with Crippen molar-refractivity contribution in [1.29, 1.82) is 0 Å². The van der Waals surface area contributed by atoms with Crippen molar-refractivity contribution in [2.45, 2.75) is 13.0 Å². The average molecular weight is 320 g/mol. The molecule has 1 aliphatic rings. The molecule has 1 saturated heterocycles. The third-order valence-electron chi connectivity index (χ3n) is 2.49. The summed E-state index contributed by atoms with van der Waals surface area (Å²) >= 11 is 4.85. The maximum atomic E-state index is 11.9. The number of likely N-dealkylation sites (N-methyl/N-ethyl adjacent to an activating group) is 1. The van der Waals surface area contributed by atoms with Gasteiger partial charge in [-0.05, 0) is 22.9 Å². The molecule has 1 N–H and O–H groups in total. The van der Waals surface area contributed by atoms with E-state index in [1.165, 1.54) is 11.3 Å². The summed E-state index contributed by atoms with van der Waals surface area (Å²) in [6, 6.07) is -0.276. The molecular formula is C10H14BrN3O2S. The lowest BCUT2D eigenvalue weighted by Crippen LogP contribution is -2.54. The minimum atomic E-state index is -0.276. The van der Waals surface area contributed by atoms with Gasteiger partial charge >= 0.3 is 0 Å². The number of hydrogen-bond acceptors (Lipinski definition) is 5. The molecule has 1 aromatic rings. The number of nitrogens with zero attached hydrogens (tertiary/aromatic N) is 2. The molecule has 2 heterocycles. The highest BCUT2D eigenvalue weighted by atomic mass is 79.9. The highest BCUT2D eigenvalue weighted by molar-refractivity contribution is 9.10. The van der Waals surface area contributed by atoms with Gasteiger partial charge < -0.3 is 15.0 Å². The molecule has 0 spiro atoms. The topological polar surface area (TPSA) is 54.5 Å². The number of morpholine rings is 1. The first-order chi connectivity index (χ1) is 8.22. The van der Waals surface area contributed by atoms with Gasteiger partial charge in [-0.2, -0.15) is 0 Å². The van der Waals surface area contributed by atoms with Gasteiger partial charge in [-0.15, -0.1) is 11.3 Å². The molecule has 1 amide bonds.